The summed E-state index contributed by atoms with van der Waals surface area (Å²) in [4.78, 5) is 31.9. The number of aromatic nitrogens is 2. The summed E-state index contributed by atoms with van der Waals surface area (Å²) in [6.07, 6.45) is 1.71. The number of nitrogens with zero attached hydrogens (tertiary/aromatic N) is 2. The zero-order chi connectivity index (χ0) is 26.1. The van der Waals surface area contributed by atoms with Crippen LogP contribution in [0.25, 0.3) is 54.6 Å². The van der Waals surface area contributed by atoms with E-state index in [0.29, 0.717) is 16.9 Å². The van der Waals surface area contributed by atoms with Gasteiger partial charge in [0.1, 0.15) is 5.58 Å². The highest BCUT2D eigenvalue weighted by Gasteiger charge is 2.34. The largest absolute Gasteiger partial charge is 0.454 e. The van der Waals surface area contributed by atoms with Crippen molar-refractivity contribution in [2.24, 2.45) is 0 Å². The number of Topliss-reactive ketones (excluding diaryl/α,β-unsaturated/α-hetero) is 2. The molecule has 0 radical (unpaired) electrons. The Hall–Kier alpha value is -5.07. The van der Waals surface area contributed by atoms with Crippen molar-refractivity contribution in [2.45, 2.75) is 0 Å². The first-order chi connectivity index (χ1) is 19.1. The fraction of sp³-hybridized carbons (Fsp3) is 0. The second kappa shape index (κ2) is 8.21. The normalized spacial score (nSPS) is 13.2. The zero-order valence-electron chi connectivity index (χ0n) is 20.4. The molecule has 3 heterocycles. The molecule has 0 spiro atoms. The van der Waals surface area contributed by atoms with E-state index in [4.69, 9.17) is 9.40 Å². The topological polar surface area (TPSA) is 65.1 Å². The van der Waals surface area contributed by atoms with Gasteiger partial charge >= 0.3 is 0 Å². The predicted octanol–water partition coefficient (Wildman–Crippen LogP) is 8.12. The van der Waals surface area contributed by atoms with Gasteiger partial charge < -0.3 is 4.42 Å². The molecule has 39 heavy (non-hydrogen) atoms. The molecule has 1 aliphatic carbocycles. The van der Waals surface area contributed by atoms with Gasteiger partial charge in [-0.3, -0.25) is 14.2 Å². The number of ketones is 2. The third kappa shape index (κ3) is 3.35. The van der Waals surface area contributed by atoms with Gasteiger partial charge in [-0.25, -0.2) is 4.98 Å². The molecule has 0 aliphatic heterocycles. The smallest absolute Gasteiger partial charge is 0.197 e. The van der Waals surface area contributed by atoms with Gasteiger partial charge in [0.25, 0.3) is 0 Å². The quantitative estimate of drug-likeness (QED) is 0.174. The summed E-state index contributed by atoms with van der Waals surface area (Å²) in [5, 5.41) is 3.67. The molecule has 0 saturated carbocycles. The Balaban J connectivity index is 1.29. The van der Waals surface area contributed by atoms with Gasteiger partial charge in [-0.2, -0.15) is 0 Å². The molecular weight excluding hydrogens is 504 g/mol. The summed E-state index contributed by atoms with van der Waals surface area (Å²) < 4.78 is 8.99. The number of carbonyl (C=O) groups is 2. The van der Waals surface area contributed by atoms with Crippen molar-refractivity contribution < 1.29 is 14.0 Å². The van der Waals surface area contributed by atoms with Crippen molar-refractivity contribution in [1.29, 1.82) is 0 Å². The number of fused-ring (bicyclic) bond motifs is 4. The lowest BCUT2D eigenvalue weighted by Gasteiger charge is -2.07. The van der Waals surface area contributed by atoms with Crippen LogP contribution in [0.4, 0.5) is 0 Å². The number of para-hydroxylation sites is 2. The maximum absolute atomic E-state index is 13.5. The highest BCUT2D eigenvalue weighted by atomic mass is 32.1. The van der Waals surface area contributed by atoms with Crippen LogP contribution in [-0.4, -0.2) is 21.1 Å². The second-order valence-electron chi connectivity index (χ2n) is 9.56. The molecule has 0 unspecified atom stereocenters. The molecule has 8 rings (SSSR count). The molecule has 5 nitrogen and oxygen atoms in total. The van der Waals surface area contributed by atoms with E-state index in [2.05, 4.69) is 0 Å². The second-order valence-corrected chi connectivity index (χ2v) is 10.6. The number of hydrogen-bond donors (Lipinski definition) is 0. The summed E-state index contributed by atoms with van der Waals surface area (Å²) in [6, 6.07) is 33.1. The number of rotatable bonds is 3. The average Bonchev–Trinajstić information content (AvgIpc) is 3.71. The lowest BCUT2D eigenvalue weighted by molar-refractivity contribution is 0.0990. The molecule has 0 N–H and O–H groups in total. The molecule has 3 aromatic heterocycles. The van der Waals surface area contributed by atoms with Gasteiger partial charge in [0.05, 0.1) is 16.0 Å². The van der Waals surface area contributed by atoms with E-state index in [9.17, 15) is 9.59 Å². The Morgan fingerprint density at radius 3 is 2.05 bits per heavy atom. The molecule has 0 saturated heterocycles. The van der Waals surface area contributed by atoms with E-state index in [1.54, 1.807) is 6.08 Å². The summed E-state index contributed by atoms with van der Waals surface area (Å²) in [5.74, 6) is 0.210. The van der Waals surface area contributed by atoms with Crippen molar-refractivity contribution in [3.8, 4) is 16.5 Å². The first-order valence-corrected chi connectivity index (χ1v) is 13.4. The van der Waals surface area contributed by atoms with Crippen LogP contribution in [0.15, 0.2) is 113 Å². The van der Waals surface area contributed by atoms with Gasteiger partial charge in [-0.1, -0.05) is 60.7 Å². The monoisotopic (exact) mass is 522 g/mol. The van der Waals surface area contributed by atoms with Crippen molar-refractivity contribution in [3.63, 3.8) is 0 Å². The van der Waals surface area contributed by atoms with E-state index in [-0.39, 0.29) is 17.1 Å². The maximum atomic E-state index is 13.5. The molecule has 7 aromatic rings. The molecule has 0 bridgehead atoms. The Labute approximate surface area is 226 Å². The van der Waals surface area contributed by atoms with Gasteiger partial charge in [0.15, 0.2) is 28.0 Å². The fourth-order valence-electron chi connectivity index (χ4n) is 5.33. The van der Waals surface area contributed by atoms with E-state index in [0.717, 1.165) is 48.5 Å². The van der Waals surface area contributed by atoms with E-state index >= 15 is 0 Å². The average molecular weight is 523 g/mol. The zero-order valence-corrected chi connectivity index (χ0v) is 21.2. The van der Waals surface area contributed by atoms with Crippen molar-refractivity contribution in [1.82, 2.24) is 9.55 Å². The molecular formula is C33H18N2O3S. The van der Waals surface area contributed by atoms with E-state index in [1.807, 2.05) is 108 Å². The highest BCUT2D eigenvalue weighted by Crippen LogP contribution is 2.38. The van der Waals surface area contributed by atoms with Gasteiger partial charge in [-0.15, -0.1) is 11.3 Å². The SMILES string of the molecule is O=C1C(=Cc2cc3sc(-c4cc5ccccc5o4)nc3n2-c2ccccc2)C(=O)c2cc3ccccc3cc21. The highest BCUT2D eigenvalue weighted by molar-refractivity contribution is 7.21. The first-order valence-electron chi connectivity index (χ1n) is 12.5. The number of thiazole rings is 1. The molecule has 0 fully saturated rings. The van der Waals surface area contributed by atoms with Crippen molar-refractivity contribution in [2.75, 3.05) is 0 Å². The van der Waals surface area contributed by atoms with Crippen LogP contribution in [0.2, 0.25) is 0 Å². The van der Waals surface area contributed by atoms with Crippen LogP contribution in [0.3, 0.4) is 0 Å². The Kier molecular flexibility index (Phi) is 4.63. The molecule has 0 atom stereocenters. The van der Waals surface area contributed by atoms with Crippen LogP contribution in [0.1, 0.15) is 26.4 Å². The van der Waals surface area contributed by atoms with Gasteiger partial charge in [-0.05, 0) is 59.3 Å². The molecule has 184 valence electrons. The van der Waals surface area contributed by atoms with Crippen LogP contribution < -0.4 is 0 Å². The molecule has 6 heteroatoms. The minimum atomic E-state index is -0.249. The Morgan fingerprint density at radius 1 is 0.718 bits per heavy atom. The van der Waals surface area contributed by atoms with Gasteiger partial charge in [0, 0.05) is 22.2 Å². The number of benzene rings is 4. The fourth-order valence-corrected chi connectivity index (χ4v) is 6.28. The molecule has 0 amide bonds. The Morgan fingerprint density at radius 2 is 1.36 bits per heavy atom. The summed E-state index contributed by atoms with van der Waals surface area (Å²) in [5.41, 5.74) is 4.25. The number of allylic oxidation sites excluding steroid dienone is 1. The number of furan rings is 1. The van der Waals surface area contributed by atoms with Gasteiger partial charge in [0.2, 0.25) is 0 Å². The van der Waals surface area contributed by atoms with Crippen LogP contribution in [0, 0.1) is 0 Å². The van der Waals surface area contributed by atoms with Crippen molar-refractivity contribution in [3.05, 3.63) is 126 Å². The number of carbonyl (C=O) groups excluding carboxylic acids is 2. The third-order valence-corrected chi connectivity index (χ3v) is 8.20. The minimum Gasteiger partial charge on any atom is -0.454 e. The van der Waals surface area contributed by atoms with Crippen LogP contribution in [-0.2, 0) is 0 Å². The van der Waals surface area contributed by atoms with E-state index in [1.165, 1.54) is 11.3 Å². The third-order valence-electron chi connectivity index (χ3n) is 7.19. The lowest BCUT2D eigenvalue weighted by Crippen LogP contribution is -2.03. The number of hydrogen-bond acceptors (Lipinski definition) is 5. The standard InChI is InChI=1S/C33H18N2O3S/c36-30-24-14-19-8-4-5-9-20(19)15-25(24)31(37)26(30)17-23-18-29-32(35(23)22-11-2-1-3-12-22)34-33(39-29)28-16-21-10-6-7-13-27(21)38-28/h1-18H. The molecule has 1 aliphatic rings. The van der Waals surface area contributed by atoms with E-state index < -0.39 is 0 Å². The summed E-state index contributed by atoms with van der Waals surface area (Å²) in [7, 11) is 0. The molecule has 4 aromatic carbocycles. The predicted molar refractivity (Wildman–Crippen MR) is 155 cm³/mol. The maximum Gasteiger partial charge on any atom is 0.197 e. The lowest BCUT2D eigenvalue weighted by atomic mass is 10.0. The summed E-state index contributed by atoms with van der Waals surface area (Å²) in [6.45, 7) is 0. The first kappa shape index (κ1) is 22.0. The Bertz CT molecular complexity index is 2070. The minimum absolute atomic E-state index is 0.167. The van der Waals surface area contributed by atoms with Crippen LogP contribution >= 0.6 is 11.3 Å². The van der Waals surface area contributed by atoms with Crippen molar-refractivity contribution >= 4 is 61.1 Å². The van der Waals surface area contributed by atoms with Crippen LogP contribution in [0.5, 0.6) is 0 Å². The summed E-state index contributed by atoms with van der Waals surface area (Å²) >= 11 is 1.52.